The van der Waals surface area contributed by atoms with Gasteiger partial charge in [-0.2, -0.15) is 0 Å². The summed E-state index contributed by atoms with van der Waals surface area (Å²) >= 11 is 0. The van der Waals surface area contributed by atoms with Gasteiger partial charge >= 0.3 is 11.9 Å². The molecule has 116 valence electrons. The van der Waals surface area contributed by atoms with Gasteiger partial charge in [0.2, 0.25) is 5.88 Å². The van der Waals surface area contributed by atoms with Crippen LogP contribution in [-0.4, -0.2) is 38.3 Å². The third-order valence-corrected chi connectivity index (χ3v) is 3.42. The van der Waals surface area contributed by atoms with Crippen LogP contribution in [0.15, 0.2) is 18.3 Å². The first-order valence-electron chi connectivity index (χ1n) is 6.72. The fraction of sp³-hybridized carbons (Fsp3) is 0.533. The Kier molecular flexibility index (Phi) is 6.65. The molecule has 21 heavy (non-hydrogen) atoms. The maximum absolute atomic E-state index is 11.7. The number of carbonyl (C=O) groups is 2. The van der Waals surface area contributed by atoms with E-state index in [0.717, 1.165) is 12.0 Å². The second kappa shape index (κ2) is 8.24. The van der Waals surface area contributed by atoms with Gasteiger partial charge in [0.15, 0.2) is 5.92 Å². The molecule has 6 nitrogen and oxygen atoms in total. The Labute approximate surface area is 124 Å². The lowest BCUT2D eigenvalue weighted by Gasteiger charge is -2.19. The standard InChI is InChI=1S/C15H21NO5/c1-5-10(11-6-7-13(19-2)16-9-11)8-12(14(17)20-3)15(18)21-4/h6-7,9-10,12H,5,8H2,1-4H3. The van der Waals surface area contributed by atoms with Crippen LogP contribution >= 0.6 is 0 Å². The number of hydrogen-bond donors (Lipinski definition) is 0. The highest BCUT2D eigenvalue weighted by Gasteiger charge is 2.31. The van der Waals surface area contributed by atoms with Gasteiger partial charge in [0.1, 0.15) is 0 Å². The number of ether oxygens (including phenoxy) is 3. The van der Waals surface area contributed by atoms with Crippen LogP contribution in [0.1, 0.15) is 31.2 Å². The maximum Gasteiger partial charge on any atom is 0.320 e. The van der Waals surface area contributed by atoms with Gasteiger partial charge in [-0.25, -0.2) is 4.98 Å². The normalized spacial score (nSPS) is 11.9. The van der Waals surface area contributed by atoms with Crippen molar-refractivity contribution >= 4 is 11.9 Å². The summed E-state index contributed by atoms with van der Waals surface area (Å²) in [4.78, 5) is 27.6. The van der Waals surface area contributed by atoms with Crippen molar-refractivity contribution in [2.45, 2.75) is 25.7 Å². The first kappa shape index (κ1) is 16.9. The fourth-order valence-electron chi connectivity index (χ4n) is 2.15. The van der Waals surface area contributed by atoms with Crippen LogP contribution in [-0.2, 0) is 19.1 Å². The highest BCUT2D eigenvalue weighted by atomic mass is 16.5. The highest BCUT2D eigenvalue weighted by Crippen LogP contribution is 2.28. The van der Waals surface area contributed by atoms with Crippen molar-refractivity contribution in [2.24, 2.45) is 5.92 Å². The molecule has 0 aromatic carbocycles. The van der Waals surface area contributed by atoms with E-state index in [0.29, 0.717) is 12.3 Å². The lowest BCUT2D eigenvalue weighted by molar-refractivity contribution is -0.159. The number of carbonyl (C=O) groups excluding carboxylic acids is 2. The lowest BCUT2D eigenvalue weighted by Crippen LogP contribution is -2.28. The van der Waals surface area contributed by atoms with E-state index in [1.807, 2.05) is 13.0 Å². The van der Waals surface area contributed by atoms with E-state index in [4.69, 9.17) is 4.74 Å². The van der Waals surface area contributed by atoms with Gasteiger partial charge < -0.3 is 14.2 Å². The average Bonchev–Trinajstić information content (AvgIpc) is 2.54. The minimum atomic E-state index is -0.924. The molecule has 0 saturated heterocycles. The SMILES string of the molecule is CCC(CC(C(=O)OC)C(=O)OC)c1ccc(OC)nc1. The number of pyridine rings is 1. The van der Waals surface area contributed by atoms with Crippen molar-refractivity contribution in [1.29, 1.82) is 0 Å². The van der Waals surface area contributed by atoms with Crippen LogP contribution in [0.25, 0.3) is 0 Å². The van der Waals surface area contributed by atoms with Gasteiger partial charge in [-0.05, 0) is 24.3 Å². The molecule has 1 heterocycles. The summed E-state index contributed by atoms with van der Waals surface area (Å²) in [5.41, 5.74) is 0.941. The van der Waals surface area contributed by atoms with Gasteiger partial charge in [0.05, 0.1) is 21.3 Å². The smallest absolute Gasteiger partial charge is 0.320 e. The maximum atomic E-state index is 11.7. The number of aromatic nitrogens is 1. The summed E-state index contributed by atoms with van der Waals surface area (Å²) in [6.45, 7) is 1.99. The molecule has 1 rings (SSSR count). The van der Waals surface area contributed by atoms with Crippen molar-refractivity contribution in [2.75, 3.05) is 21.3 Å². The third kappa shape index (κ3) is 4.44. The molecule has 0 saturated carbocycles. The van der Waals surface area contributed by atoms with Crippen molar-refractivity contribution < 1.29 is 23.8 Å². The Morgan fingerprint density at radius 1 is 1.14 bits per heavy atom. The molecular formula is C15H21NO5. The number of esters is 2. The molecule has 0 N–H and O–H groups in total. The van der Waals surface area contributed by atoms with Gasteiger partial charge in [-0.3, -0.25) is 9.59 Å². The van der Waals surface area contributed by atoms with Crippen molar-refractivity contribution in [3.05, 3.63) is 23.9 Å². The Bertz CT molecular complexity index is 455. The molecule has 1 aromatic rings. The highest BCUT2D eigenvalue weighted by molar-refractivity contribution is 5.94. The Morgan fingerprint density at radius 3 is 2.14 bits per heavy atom. The summed E-state index contributed by atoms with van der Waals surface area (Å²) in [6, 6.07) is 3.63. The largest absolute Gasteiger partial charge is 0.481 e. The number of hydrogen-bond acceptors (Lipinski definition) is 6. The Hall–Kier alpha value is -2.11. The monoisotopic (exact) mass is 295 g/mol. The molecule has 0 radical (unpaired) electrons. The molecule has 0 fully saturated rings. The zero-order chi connectivity index (χ0) is 15.8. The van der Waals surface area contributed by atoms with E-state index in [1.54, 1.807) is 19.4 Å². The van der Waals surface area contributed by atoms with Crippen LogP contribution < -0.4 is 4.74 Å². The quantitative estimate of drug-likeness (QED) is 0.565. The van der Waals surface area contributed by atoms with Crippen molar-refractivity contribution in [3.63, 3.8) is 0 Å². The summed E-state index contributed by atoms with van der Waals surface area (Å²) in [6.07, 6.45) is 2.78. The molecule has 1 unspecified atom stereocenters. The molecule has 1 aromatic heterocycles. The van der Waals surface area contributed by atoms with Crippen LogP contribution in [0.4, 0.5) is 0 Å². The molecule has 0 aliphatic heterocycles. The van der Waals surface area contributed by atoms with E-state index in [9.17, 15) is 9.59 Å². The topological polar surface area (TPSA) is 74.7 Å². The van der Waals surface area contributed by atoms with E-state index in [-0.39, 0.29) is 5.92 Å². The summed E-state index contributed by atoms with van der Waals surface area (Å²) in [5.74, 6) is -1.56. The Morgan fingerprint density at radius 2 is 1.76 bits per heavy atom. The molecule has 0 aliphatic carbocycles. The second-order valence-electron chi connectivity index (χ2n) is 4.57. The number of methoxy groups -OCH3 is 3. The number of rotatable bonds is 7. The van der Waals surface area contributed by atoms with Gasteiger partial charge in [0, 0.05) is 12.3 Å². The van der Waals surface area contributed by atoms with Crippen LogP contribution in [0.2, 0.25) is 0 Å². The van der Waals surface area contributed by atoms with Gasteiger partial charge in [-0.1, -0.05) is 13.0 Å². The average molecular weight is 295 g/mol. The molecule has 0 bridgehead atoms. The molecule has 0 aliphatic rings. The fourth-order valence-corrected chi connectivity index (χ4v) is 2.15. The molecule has 6 heteroatoms. The van der Waals surface area contributed by atoms with Gasteiger partial charge in [0.25, 0.3) is 0 Å². The van der Waals surface area contributed by atoms with E-state index in [1.165, 1.54) is 14.2 Å². The Balaban J connectivity index is 2.91. The molecule has 1 atom stereocenters. The van der Waals surface area contributed by atoms with E-state index >= 15 is 0 Å². The second-order valence-corrected chi connectivity index (χ2v) is 4.57. The zero-order valence-electron chi connectivity index (χ0n) is 12.8. The third-order valence-electron chi connectivity index (χ3n) is 3.42. The predicted octanol–water partition coefficient (Wildman–Crippen LogP) is 1.94. The lowest BCUT2D eigenvalue weighted by atomic mass is 9.87. The van der Waals surface area contributed by atoms with E-state index < -0.39 is 17.9 Å². The van der Waals surface area contributed by atoms with Gasteiger partial charge in [-0.15, -0.1) is 0 Å². The first-order valence-corrected chi connectivity index (χ1v) is 6.72. The first-order chi connectivity index (χ1) is 10.1. The van der Waals surface area contributed by atoms with Crippen LogP contribution in [0, 0.1) is 5.92 Å². The van der Waals surface area contributed by atoms with E-state index in [2.05, 4.69) is 14.5 Å². The minimum absolute atomic E-state index is 0.00612. The predicted molar refractivity (Wildman–Crippen MR) is 76.0 cm³/mol. The van der Waals surface area contributed by atoms with Crippen LogP contribution in [0.3, 0.4) is 0 Å². The summed E-state index contributed by atoms with van der Waals surface area (Å²) in [5, 5.41) is 0. The summed E-state index contributed by atoms with van der Waals surface area (Å²) < 4.78 is 14.4. The van der Waals surface area contributed by atoms with Crippen LogP contribution in [0.5, 0.6) is 5.88 Å². The number of nitrogens with zero attached hydrogens (tertiary/aromatic N) is 1. The molecular weight excluding hydrogens is 274 g/mol. The zero-order valence-corrected chi connectivity index (χ0v) is 12.8. The van der Waals surface area contributed by atoms with Crippen molar-refractivity contribution in [3.8, 4) is 5.88 Å². The molecule has 0 spiro atoms. The molecule has 0 amide bonds. The summed E-state index contributed by atoms with van der Waals surface area (Å²) in [7, 11) is 4.06. The minimum Gasteiger partial charge on any atom is -0.481 e. The van der Waals surface area contributed by atoms with Crippen molar-refractivity contribution in [1.82, 2.24) is 4.98 Å².